The fraction of sp³-hybridized carbons (Fsp3) is 0.294. The second-order valence-corrected chi connectivity index (χ2v) is 6.33. The predicted molar refractivity (Wildman–Crippen MR) is 82.7 cm³/mol. The van der Waals surface area contributed by atoms with Crippen LogP contribution in [0.5, 0.6) is 0 Å². The second-order valence-electron chi connectivity index (χ2n) is 5.27. The average molecular weight is 287 g/mol. The molecule has 0 amide bonds. The van der Waals surface area contributed by atoms with Gasteiger partial charge in [-0.25, -0.2) is 4.39 Å². The monoisotopic (exact) mass is 287 g/mol. The first-order valence-corrected chi connectivity index (χ1v) is 7.93. The molecule has 2 unspecified atom stereocenters. The summed E-state index contributed by atoms with van der Waals surface area (Å²) in [5.74, 6) is 1.78. The lowest BCUT2D eigenvalue weighted by Crippen LogP contribution is -2.16. The molecule has 0 aromatic heterocycles. The quantitative estimate of drug-likeness (QED) is 0.914. The standard InChI is InChI=1S/C17H18FNS/c18-15-7-5-12(6-8-15)13(10-19)9-14-11-20-17-4-2-1-3-16(14)17/h1-8,13-14H,9-11,19H2. The van der Waals surface area contributed by atoms with Crippen molar-refractivity contribution in [2.24, 2.45) is 5.73 Å². The zero-order valence-electron chi connectivity index (χ0n) is 11.3. The van der Waals surface area contributed by atoms with Crippen molar-refractivity contribution in [2.75, 3.05) is 12.3 Å². The van der Waals surface area contributed by atoms with Gasteiger partial charge in [0.25, 0.3) is 0 Å². The van der Waals surface area contributed by atoms with Gasteiger partial charge in [-0.1, -0.05) is 30.3 Å². The van der Waals surface area contributed by atoms with Gasteiger partial charge in [-0.2, -0.15) is 0 Å². The Morgan fingerprint density at radius 3 is 2.65 bits per heavy atom. The van der Waals surface area contributed by atoms with Gasteiger partial charge in [-0.15, -0.1) is 11.8 Å². The first-order chi connectivity index (χ1) is 9.78. The van der Waals surface area contributed by atoms with Crippen molar-refractivity contribution in [2.45, 2.75) is 23.2 Å². The number of thioether (sulfide) groups is 1. The van der Waals surface area contributed by atoms with Crippen molar-refractivity contribution in [1.29, 1.82) is 0 Å². The Morgan fingerprint density at radius 1 is 1.15 bits per heavy atom. The summed E-state index contributed by atoms with van der Waals surface area (Å²) < 4.78 is 13.0. The molecular weight excluding hydrogens is 269 g/mol. The van der Waals surface area contributed by atoms with Crippen LogP contribution in [0.25, 0.3) is 0 Å². The highest BCUT2D eigenvalue weighted by molar-refractivity contribution is 7.99. The Bertz CT molecular complexity index is 582. The van der Waals surface area contributed by atoms with E-state index in [4.69, 9.17) is 5.73 Å². The first kappa shape index (κ1) is 13.7. The summed E-state index contributed by atoms with van der Waals surface area (Å²) in [7, 11) is 0. The van der Waals surface area contributed by atoms with Crippen molar-refractivity contribution in [1.82, 2.24) is 0 Å². The largest absolute Gasteiger partial charge is 0.330 e. The van der Waals surface area contributed by atoms with Crippen molar-refractivity contribution >= 4 is 11.8 Å². The normalized spacial score (nSPS) is 18.8. The van der Waals surface area contributed by atoms with Crippen LogP contribution in [0.3, 0.4) is 0 Å². The van der Waals surface area contributed by atoms with Gasteiger partial charge in [0, 0.05) is 10.6 Å². The predicted octanol–water partition coefficient (Wildman–Crippen LogP) is 4.15. The van der Waals surface area contributed by atoms with Crippen LogP contribution < -0.4 is 5.73 Å². The molecule has 1 heterocycles. The summed E-state index contributed by atoms with van der Waals surface area (Å²) in [6.45, 7) is 0.606. The number of rotatable bonds is 4. The lowest BCUT2D eigenvalue weighted by atomic mass is 9.86. The van der Waals surface area contributed by atoms with E-state index in [-0.39, 0.29) is 5.82 Å². The van der Waals surface area contributed by atoms with E-state index in [0.29, 0.717) is 18.4 Å². The van der Waals surface area contributed by atoms with Crippen LogP contribution in [0.4, 0.5) is 4.39 Å². The van der Waals surface area contributed by atoms with E-state index in [2.05, 4.69) is 24.3 Å². The molecule has 0 fully saturated rings. The molecule has 0 spiro atoms. The molecule has 1 aliphatic heterocycles. The van der Waals surface area contributed by atoms with Gasteiger partial charge in [0.15, 0.2) is 0 Å². The molecule has 3 rings (SSSR count). The minimum atomic E-state index is -0.189. The number of hydrogen-bond donors (Lipinski definition) is 1. The molecule has 104 valence electrons. The fourth-order valence-corrected chi connectivity index (χ4v) is 4.14. The molecule has 0 saturated carbocycles. The van der Waals surface area contributed by atoms with Crippen molar-refractivity contribution in [3.63, 3.8) is 0 Å². The molecule has 0 aliphatic carbocycles. The van der Waals surface area contributed by atoms with Gasteiger partial charge in [-0.05, 0) is 54.1 Å². The van der Waals surface area contributed by atoms with Gasteiger partial charge in [-0.3, -0.25) is 0 Å². The molecule has 0 saturated heterocycles. The first-order valence-electron chi connectivity index (χ1n) is 6.95. The lowest BCUT2D eigenvalue weighted by molar-refractivity contribution is 0.568. The van der Waals surface area contributed by atoms with Gasteiger partial charge in [0.05, 0.1) is 0 Å². The van der Waals surface area contributed by atoms with Crippen LogP contribution in [-0.2, 0) is 0 Å². The summed E-state index contributed by atoms with van der Waals surface area (Å²) in [6, 6.07) is 15.4. The molecule has 20 heavy (non-hydrogen) atoms. The van der Waals surface area contributed by atoms with Gasteiger partial charge in [0.2, 0.25) is 0 Å². The van der Waals surface area contributed by atoms with E-state index in [1.54, 1.807) is 0 Å². The third kappa shape index (κ3) is 2.74. The van der Waals surface area contributed by atoms with E-state index in [9.17, 15) is 4.39 Å². The maximum Gasteiger partial charge on any atom is 0.123 e. The minimum absolute atomic E-state index is 0.189. The number of benzene rings is 2. The van der Waals surface area contributed by atoms with Crippen LogP contribution in [0.1, 0.15) is 29.4 Å². The van der Waals surface area contributed by atoms with Gasteiger partial charge >= 0.3 is 0 Å². The zero-order chi connectivity index (χ0) is 13.9. The Hall–Kier alpha value is -1.32. The second kappa shape index (κ2) is 5.98. The molecule has 2 N–H and O–H groups in total. The summed E-state index contributed by atoms with van der Waals surface area (Å²) >= 11 is 1.93. The Balaban J connectivity index is 1.78. The van der Waals surface area contributed by atoms with E-state index in [1.807, 2.05) is 23.9 Å². The maximum absolute atomic E-state index is 13.0. The summed E-state index contributed by atoms with van der Waals surface area (Å²) in [4.78, 5) is 1.40. The third-order valence-electron chi connectivity index (χ3n) is 3.99. The highest BCUT2D eigenvalue weighted by atomic mass is 32.2. The fourth-order valence-electron chi connectivity index (χ4n) is 2.87. The molecular formula is C17H18FNS. The van der Waals surface area contributed by atoms with Crippen LogP contribution in [-0.4, -0.2) is 12.3 Å². The zero-order valence-corrected chi connectivity index (χ0v) is 12.1. The topological polar surface area (TPSA) is 26.0 Å². The smallest absolute Gasteiger partial charge is 0.123 e. The maximum atomic E-state index is 13.0. The van der Waals surface area contributed by atoms with Crippen molar-refractivity contribution < 1.29 is 4.39 Å². The van der Waals surface area contributed by atoms with Crippen molar-refractivity contribution in [3.8, 4) is 0 Å². The molecule has 1 nitrogen and oxygen atoms in total. The lowest BCUT2D eigenvalue weighted by Gasteiger charge is -2.20. The van der Waals surface area contributed by atoms with Gasteiger partial charge in [0.1, 0.15) is 5.82 Å². The molecule has 0 radical (unpaired) electrons. The van der Waals surface area contributed by atoms with E-state index in [0.717, 1.165) is 17.7 Å². The Kier molecular flexibility index (Phi) is 4.08. The average Bonchev–Trinajstić information content (AvgIpc) is 2.89. The van der Waals surface area contributed by atoms with Crippen LogP contribution >= 0.6 is 11.8 Å². The highest BCUT2D eigenvalue weighted by Crippen LogP contribution is 2.43. The molecule has 1 aliphatic rings. The van der Waals surface area contributed by atoms with Crippen LogP contribution in [0, 0.1) is 5.82 Å². The van der Waals surface area contributed by atoms with Crippen LogP contribution in [0.15, 0.2) is 53.4 Å². The summed E-state index contributed by atoms with van der Waals surface area (Å²) in [5.41, 5.74) is 8.52. The molecule has 2 aromatic rings. The van der Waals surface area contributed by atoms with Gasteiger partial charge < -0.3 is 5.73 Å². The molecule has 2 atom stereocenters. The molecule has 0 bridgehead atoms. The number of fused-ring (bicyclic) bond motifs is 1. The Morgan fingerprint density at radius 2 is 1.90 bits per heavy atom. The number of nitrogens with two attached hydrogens (primary N) is 1. The SMILES string of the molecule is NCC(CC1CSc2ccccc21)c1ccc(F)cc1. The third-order valence-corrected chi connectivity index (χ3v) is 5.25. The van der Waals surface area contributed by atoms with Crippen LogP contribution in [0.2, 0.25) is 0 Å². The Labute approximate surface area is 123 Å². The summed E-state index contributed by atoms with van der Waals surface area (Å²) in [5, 5.41) is 0. The van der Waals surface area contributed by atoms with E-state index >= 15 is 0 Å². The highest BCUT2D eigenvalue weighted by Gasteiger charge is 2.25. The van der Waals surface area contributed by atoms with Crippen molar-refractivity contribution in [3.05, 3.63) is 65.5 Å². The van der Waals surface area contributed by atoms with E-state index < -0.39 is 0 Å². The van der Waals surface area contributed by atoms with E-state index in [1.165, 1.54) is 22.6 Å². The molecule has 3 heteroatoms. The number of hydrogen-bond acceptors (Lipinski definition) is 2. The minimum Gasteiger partial charge on any atom is -0.330 e. The summed E-state index contributed by atoms with van der Waals surface area (Å²) in [6.07, 6.45) is 1.03. The molecule has 2 aromatic carbocycles. The number of halogens is 1.